The van der Waals surface area contributed by atoms with Crippen LogP contribution in [0.4, 0.5) is 11.5 Å². The van der Waals surface area contributed by atoms with Gasteiger partial charge in [0, 0.05) is 33.4 Å². The number of halogens is 1. The second-order valence-corrected chi connectivity index (χ2v) is 6.25. The van der Waals surface area contributed by atoms with Crippen molar-refractivity contribution >= 4 is 23.1 Å². The highest BCUT2D eigenvalue weighted by atomic mass is 35.5. The predicted octanol–water partition coefficient (Wildman–Crippen LogP) is 2.81. The van der Waals surface area contributed by atoms with Crippen molar-refractivity contribution in [1.29, 1.82) is 0 Å². The molecule has 2 aliphatic rings. The van der Waals surface area contributed by atoms with Crippen LogP contribution < -0.4 is 10.2 Å². The standard InChI is InChI=1S/C15H23ClN4O/c1-17-13-14(16)18-10-19-15(13)20-6-2-11(3-7-20)12-4-8-21-9-5-12/h10-12,17H,2-9H2,1H3. The van der Waals surface area contributed by atoms with Crippen LogP contribution in [-0.4, -0.2) is 43.3 Å². The van der Waals surface area contributed by atoms with E-state index in [9.17, 15) is 0 Å². The quantitative estimate of drug-likeness (QED) is 0.870. The highest BCUT2D eigenvalue weighted by Gasteiger charge is 2.29. The number of rotatable bonds is 3. The molecule has 116 valence electrons. The Morgan fingerprint density at radius 3 is 2.48 bits per heavy atom. The summed E-state index contributed by atoms with van der Waals surface area (Å²) in [5.74, 6) is 2.61. The number of nitrogens with one attached hydrogen (secondary N) is 1. The molecule has 3 heterocycles. The van der Waals surface area contributed by atoms with E-state index in [1.807, 2.05) is 7.05 Å². The summed E-state index contributed by atoms with van der Waals surface area (Å²) in [5, 5.41) is 3.62. The largest absolute Gasteiger partial charge is 0.383 e. The molecule has 2 aliphatic heterocycles. The summed E-state index contributed by atoms with van der Waals surface area (Å²) in [7, 11) is 1.86. The number of aromatic nitrogens is 2. The van der Waals surface area contributed by atoms with Crippen LogP contribution in [0.15, 0.2) is 6.33 Å². The van der Waals surface area contributed by atoms with Crippen LogP contribution in [0.3, 0.4) is 0 Å². The van der Waals surface area contributed by atoms with Gasteiger partial charge in [0.15, 0.2) is 11.0 Å². The van der Waals surface area contributed by atoms with Crippen LogP contribution in [0.1, 0.15) is 25.7 Å². The summed E-state index contributed by atoms with van der Waals surface area (Å²) in [4.78, 5) is 10.8. The smallest absolute Gasteiger partial charge is 0.157 e. The van der Waals surface area contributed by atoms with E-state index in [1.165, 1.54) is 25.7 Å². The summed E-state index contributed by atoms with van der Waals surface area (Å²) in [6.07, 6.45) is 6.46. The minimum absolute atomic E-state index is 0.494. The highest BCUT2D eigenvalue weighted by molar-refractivity contribution is 6.32. The van der Waals surface area contributed by atoms with Gasteiger partial charge < -0.3 is 15.0 Å². The first kappa shape index (κ1) is 14.9. The van der Waals surface area contributed by atoms with Gasteiger partial charge in [-0.1, -0.05) is 11.6 Å². The summed E-state index contributed by atoms with van der Waals surface area (Å²) >= 11 is 6.14. The molecule has 1 aromatic rings. The van der Waals surface area contributed by atoms with Crippen LogP contribution in [0.5, 0.6) is 0 Å². The lowest BCUT2D eigenvalue weighted by Gasteiger charge is -2.38. The number of nitrogens with zero attached hydrogens (tertiary/aromatic N) is 3. The molecule has 21 heavy (non-hydrogen) atoms. The number of hydrogen-bond donors (Lipinski definition) is 1. The maximum Gasteiger partial charge on any atom is 0.157 e. The summed E-state index contributed by atoms with van der Waals surface area (Å²) in [6, 6.07) is 0. The lowest BCUT2D eigenvalue weighted by atomic mass is 9.80. The van der Waals surface area contributed by atoms with Gasteiger partial charge in [0.25, 0.3) is 0 Å². The Bertz CT molecular complexity index is 471. The van der Waals surface area contributed by atoms with E-state index in [1.54, 1.807) is 6.33 Å². The normalized spacial score (nSPS) is 21.5. The van der Waals surface area contributed by atoms with Crippen LogP contribution in [0, 0.1) is 11.8 Å². The van der Waals surface area contributed by atoms with E-state index in [4.69, 9.17) is 16.3 Å². The zero-order chi connectivity index (χ0) is 14.7. The van der Waals surface area contributed by atoms with Gasteiger partial charge in [-0.15, -0.1) is 0 Å². The molecule has 6 heteroatoms. The number of anilines is 2. The van der Waals surface area contributed by atoms with Gasteiger partial charge in [-0.3, -0.25) is 0 Å². The van der Waals surface area contributed by atoms with Gasteiger partial charge in [-0.25, -0.2) is 9.97 Å². The van der Waals surface area contributed by atoms with Crippen LogP contribution >= 0.6 is 11.6 Å². The molecule has 1 aromatic heterocycles. The second kappa shape index (κ2) is 6.79. The Kier molecular flexibility index (Phi) is 4.80. The molecule has 0 atom stereocenters. The molecule has 2 saturated heterocycles. The molecule has 0 amide bonds. The van der Waals surface area contributed by atoms with Crippen molar-refractivity contribution in [3.63, 3.8) is 0 Å². The van der Waals surface area contributed by atoms with Crippen molar-refractivity contribution in [3.8, 4) is 0 Å². The maximum atomic E-state index is 6.14. The Hall–Kier alpha value is -1.07. The topological polar surface area (TPSA) is 50.3 Å². The van der Waals surface area contributed by atoms with Crippen molar-refractivity contribution in [1.82, 2.24) is 9.97 Å². The van der Waals surface area contributed by atoms with Gasteiger partial charge >= 0.3 is 0 Å². The van der Waals surface area contributed by atoms with Crippen LogP contribution in [0.2, 0.25) is 5.15 Å². The molecule has 0 unspecified atom stereocenters. The maximum absolute atomic E-state index is 6.14. The second-order valence-electron chi connectivity index (χ2n) is 5.89. The van der Waals surface area contributed by atoms with E-state index in [0.29, 0.717) is 5.15 Å². The van der Waals surface area contributed by atoms with Gasteiger partial charge in [-0.05, 0) is 37.5 Å². The zero-order valence-electron chi connectivity index (χ0n) is 12.5. The third-order valence-electron chi connectivity index (χ3n) is 4.80. The molecular weight excluding hydrogens is 288 g/mol. The predicted molar refractivity (Wildman–Crippen MR) is 85.1 cm³/mol. The molecule has 0 bridgehead atoms. The molecular formula is C15H23ClN4O. The average Bonchev–Trinajstić information content (AvgIpc) is 2.55. The van der Waals surface area contributed by atoms with E-state index in [2.05, 4.69) is 20.2 Å². The minimum Gasteiger partial charge on any atom is -0.383 e. The Morgan fingerprint density at radius 1 is 1.14 bits per heavy atom. The third kappa shape index (κ3) is 3.24. The van der Waals surface area contributed by atoms with Crippen LogP contribution in [0.25, 0.3) is 0 Å². The molecule has 0 aliphatic carbocycles. The molecule has 1 N–H and O–H groups in total. The zero-order valence-corrected chi connectivity index (χ0v) is 13.3. The molecule has 0 saturated carbocycles. The van der Waals surface area contributed by atoms with Gasteiger partial charge in [0.1, 0.15) is 12.0 Å². The van der Waals surface area contributed by atoms with Crippen molar-refractivity contribution in [2.45, 2.75) is 25.7 Å². The summed E-state index contributed by atoms with van der Waals surface area (Å²) in [5.41, 5.74) is 0.837. The fourth-order valence-electron chi connectivity index (χ4n) is 3.58. The summed E-state index contributed by atoms with van der Waals surface area (Å²) in [6.45, 7) is 3.97. The number of hydrogen-bond acceptors (Lipinski definition) is 5. The van der Waals surface area contributed by atoms with E-state index in [-0.39, 0.29) is 0 Å². The first-order chi connectivity index (χ1) is 10.3. The highest BCUT2D eigenvalue weighted by Crippen LogP contribution is 2.35. The van der Waals surface area contributed by atoms with Gasteiger partial charge in [-0.2, -0.15) is 0 Å². The van der Waals surface area contributed by atoms with Gasteiger partial charge in [0.2, 0.25) is 0 Å². The lowest BCUT2D eigenvalue weighted by molar-refractivity contribution is 0.0418. The molecule has 0 spiro atoms. The first-order valence-electron chi connectivity index (χ1n) is 7.80. The average molecular weight is 311 g/mol. The Labute approximate surface area is 131 Å². The van der Waals surface area contributed by atoms with Gasteiger partial charge in [0.05, 0.1) is 0 Å². The number of ether oxygens (including phenoxy) is 1. The third-order valence-corrected chi connectivity index (χ3v) is 5.09. The fourth-order valence-corrected chi connectivity index (χ4v) is 3.80. The van der Waals surface area contributed by atoms with E-state index in [0.717, 1.165) is 49.6 Å². The summed E-state index contributed by atoms with van der Waals surface area (Å²) < 4.78 is 5.47. The molecule has 0 aromatic carbocycles. The number of piperidine rings is 1. The molecule has 0 radical (unpaired) electrons. The molecule has 2 fully saturated rings. The van der Waals surface area contributed by atoms with E-state index >= 15 is 0 Å². The lowest BCUT2D eigenvalue weighted by Crippen LogP contribution is -2.38. The first-order valence-corrected chi connectivity index (χ1v) is 8.18. The molecule has 3 rings (SSSR count). The van der Waals surface area contributed by atoms with Crippen molar-refractivity contribution < 1.29 is 4.74 Å². The Balaban J connectivity index is 1.64. The van der Waals surface area contributed by atoms with Crippen molar-refractivity contribution in [2.24, 2.45) is 11.8 Å². The van der Waals surface area contributed by atoms with E-state index < -0.39 is 0 Å². The molecule has 5 nitrogen and oxygen atoms in total. The minimum atomic E-state index is 0.494. The van der Waals surface area contributed by atoms with Crippen molar-refractivity contribution in [2.75, 3.05) is 43.6 Å². The monoisotopic (exact) mass is 310 g/mol. The van der Waals surface area contributed by atoms with Crippen LogP contribution in [-0.2, 0) is 4.74 Å². The SMILES string of the molecule is CNc1c(Cl)ncnc1N1CCC(C2CCOCC2)CC1. The fraction of sp³-hybridized carbons (Fsp3) is 0.733. The Morgan fingerprint density at radius 2 is 1.81 bits per heavy atom. The van der Waals surface area contributed by atoms with Crippen molar-refractivity contribution in [3.05, 3.63) is 11.5 Å².